The first-order valence-electron chi connectivity index (χ1n) is 6.52. The highest BCUT2D eigenvalue weighted by Crippen LogP contribution is 2.26. The van der Waals surface area contributed by atoms with Crippen LogP contribution in [0.3, 0.4) is 0 Å². The first kappa shape index (κ1) is 14.2. The Hall–Kier alpha value is -1.26. The molecule has 3 N–H and O–H groups in total. The number of nitrogens with zero attached hydrogens (tertiary/aromatic N) is 1. The van der Waals surface area contributed by atoms with Gasteiger partial charge in [0.25, 0.3) is 5.91 Å². The van der Waals surface area contributed by atoms with E-state index in [2.05, 4.69) is 0 Å². The van der Waals surface area contributed by atoms with Gasteiger partial charge in [0.2, 0.25) is 0 Å². The molecule has 0 aliphatic heterocycles. The first-order valence-corrected chi connectivity index (χ1v) is 6.89. The lowest BCUT2D eigenvalue weighted by Crippen LogP contribution is -2.50. The number of amides is 1. The number of rotatable bonds is 2. The molecule has 104 valence electrons. The van der Waals surface area contributed by atoms with Crippen molar-refractivity contribution in [3.05, 3.63) is 28.8 Å². The quantitative estimate of drug-likeness (QED) is 0.875. The van der Waals surface area contributed by atoms with E-state index in [1.165, 1.54) is 18.2 Å². The second-order valence-electron chi connectivity index (χ2n) is 5.10. The molecular weight excluding hydrogens is 264 g/mol. The van der Waals surface area contributed by atoms with Crippen LogP contribution in [0.25, 0.3) is 0 Å². The van der Waals surface area contributed by atoms with Crippen molar-refractivity contribution in [2.24, 2.45) is 5.73 Å². The highest BCUT2D eigenvalue weighted by atomic mass is 35.5. The van der Waals surface area contributed by atoms with E-state index in [1.807, 2.05) is 0 Å². The van der Waals surface area contributed by atoms with Crippen molar-refractivity contribution < 1.29 is 9.90 Å². The maximum Gasteiger partial charge on any atom is 0.255 e. The molecule has 19 heavy (non-hydrogen) atoms. The number of carbonyl (C=O) groups is 1. The highest BCUT2D eigenvalue weighted by molar-refractivity contribution is 6.33. The Kier molecular flexibility index (Phi) is 4.32. The number of hydrogen-bond donors (Lipinski definition) is 2. The van der Waals surface area contributed by atoms with Crippen LogP contribution in [0, 0.1) is 0 Å². The van der Waals surface area contributed by atoms with E-state index in [4.69, 9.17) is 17.3 Å². The van der Waals surface area contributed by atoms with Crippen LogP contribution in [-0.4, -0.2) is 35.0 Å². The van der Waals surface area contributed by atoms with Crippen molar-refractivity contribution in [3.63, 3.8) is 0 Å². The van der Waals surface area contributed by atoms with Crippen molar-refractivity contribution in [1.82, 2.24) is 4.90 Å². The van der Waals surface area contributed by atoms with Gasteiger partial charge in [-0.3, -0.25) is 4.79 Å². The summed E-state index contributed by atoms with van der Waals surface area (Å²) < 4.78 is 0. The van der Waals surface area contributed by atoms with E-state index < -0.39 is 0 Å². The molecule has 4 nitrogen and oxygen atoms in total. The van der Waals surface area contributed by atoms with E-state index in [0.29, 0.717) is 10.6 Å². The molecule has 1 saturated carbocycles. The fourth-order valence-corrected chi connectivity index (χ4v) is 2.84. The van der Waals surface area contributed by atoms with Crippen molar-refractivity contribution in [2.75, 3.05) is 7.05 Å². The Balaban J connectivity index is 2.20. The lowest BCUT2D eigenvalue weighted by atomic mass is 9.90. The molecular formula is C14H19ClN2O2. The van der Waals surface area contributed by atoms with Gasteiger partial charge in [0.1, 0.15) is 5.75 Å². The van der Waals surface area contributed by atoms with Crippen LogP contribution in [0.2, 0.25) is 5.02 Å². The molecule has 0 bridgehead atoms. The second kappa shape index (κ2) is 5.80. The van der Waals surface area contributed by atoms with Crippen LogP contribution in [0.5, 0.6) is 5.75 Å². The van der Waals surface area contributed by atoms with Gasteiger partial charge in [0.15, 0.2) is 0 Å². The molecule has 1 aliphatic rings. The van der Waals surface area contributed by atoms with E-state index in [-0.39, 0.29) is 23.7 Å². The van der Waals surface area contributed by atoms with E-state index in [1.54, 1.807) is 11.9 Å². The number of phenols is 1. The standard InChI is InChI=1S/C14H19ClN2O2/c1-17(13-5-3-2-4-12(13)16)14(19)10-8-9(18)6-7-11(10)15/h6-8,12-13,18H,2-5,16H2,1H3. The number of nitrogens with two attached hydrogens (primary N) is 1. The Morgan fingerprint density at radius 1 is 1.42 bits per heavy atom. The van der Waals surface area contributed by atoms with Gasteiger partial charge in [-0.15, -0.1) is 0 Å². The lowest BCUT2D eigenvalue weighted by Gasteiger charge is -2.36. The van der Waals surface area contributed by atoms with Crippen LogP contribution in [0.1, 0.15) is 36.0 Å². The minimum absolute atomic E-state index is 0.0128. The largest absolute Gasteiger partial charge is 0.508 e. The van der Waals surface area contributed by atoms with Crippen LogP contribution in [-0.2, 0) is 0 Å². The summed E-state index contributed by atoms with van der Waals surface area (Å²) in [6.07, 6.45) is 4.06. The van der Waals surface area contributed by atoms with Crippen LogP contribution < -0.4 is 5.73 Å². The molecule has 2 rings (SSSR count). The van der Waals surface area contributed by atoms with Gasteiger partial charge in [0, 0.05) is 19.1 Å². The van der Waals surface area contributed by atoms with Gasteiger partial charge >= 0.3 is 0 Å². The number of hydrogen-bond acceptors (Lipinski definition) is 3. The summed E-state index contributed by atoms with van der Waals surface area (Å²) >= 11 is 6.02. The third-order valence-corrected chi connectivity index (χ3v) is 4.11. The Morgan fingerprint density at radius 2 is 2.11 bits per heavy atom. The van der Waals surface area contributed by atoms with Gasteiger partial charge in [-0.2, -0.15) is 0 Å². The number of phenolic OH excluding ortho intramolecular Hbond substituents is 1. The average Bonchev–Trinajstić information content (AvgIpc) is 2.40. The van der Waals surface area contributed by atoms with Crippen LogP contribution in [0.4, 0.5) is 0 Å². The topological polar surface area (TPSA) is 66.6 Å². The molecule has 1 aromatic rings. The summed E-state index contributed by atoms with van der Waals surface area (Å²) in [6, 6.07) is 4.44. The summed E-state index contributed by atoms with van der Waals surface area (Å²) in [5.74, 6) is -0.155. The SMILES string of the molecule is CN(C(=O)c1cc(O)ccc1Cl)C1CCCCC1N. The monoisotopic (exact) mass is 282 g/mol. The molecule has 1 amide bonds. The van der Waals surface area contributed by atoms with E-state index in [9.17, 15) is 9.90 Å². The molecule has 0 saturated heterocycles. The maximum absolute atomic E-state index is 12.4. The normalized spacial score (nSPS) is 23.1. The fraction of sp³-hybridized carbons (Fsp3) is 0.500. The Labute approximate surface area is 118 Å². The summed E-state index contributed by atoms with van der Waals surface area (Å²) in [4.78, 5) is 14.1. The average molecular weight is 283 g/mol. The van der Waals surface area contributed by atoms with E-state index in [0.717, 1.165) is 25.7 Å². The molecule has 1 aromatic carbocycles. The zero-order valence-corrected chi connectivity index (χ0v) is 11.7. The minimum atomic E-state index is -0.191. The molecule has 1 fully saturated rings. The van der Waals surface area contributed by atoms with Crippen LogP contribution >= 0.6 is 11.6 Å². The third-order valence-electron chi connectivity index (χ3n) is 3.78. The smallest absolute Gasteiger partial charge is 0.255 e. The molecule has 2 atom stereocenters. The van der Waals surface area contributed by atoms with Crippen LogP contribution in [0.15, 0.2) is 18.2 Å². The molecule has 0 heterocycles. The number of halogens is 1. The molecule has 2 unspecified atom stereocenters. The van der Waals surface area contributed by atoms with Gasteiger partial charge in [-0.05, 0) is 31.0 Å². The summed E-state index contributed by atoms with van der Waals surface area (Å²) in [6.45, 7) is 0. The summed E-state index contributed by atoms with van der Waals surface area (Å²) in [7, 11) is 1.75. The maximum atomic E-state index is 12.4. The van der Waals surface area contributed by atoms with Gasteiger partial charge in [0.05, 0.1) is 10.6 Å². The Morgan fingerprint density at radius 3 is 2.79 bits per heavy atom. The van der Waals surface area contributed by atoms with Crippen molar-refractivity contribution >= 4 is 17.5 Å². The minimum Gasteiger partial charge on any atom is -0.508 e. The summed E-state index contributed by atoms with van der Waals surface area (Å²) in [5, 5.41) is 9.82. The van der Waals surface area contributed by atoms with Crippen molar-refractivity contribution in [2.45, 2.75) is 37.8 Å². The number of likely N-dealkylation sites (N-methyl/N-ethyl adjacent to an activating group) is 1. The molecule has 5 heteroatoms. The zero-order chi connectivity index (χ0) is 14.0. The van der Waals surface area contributed by atoms with Gasteiger partial charge in [-0.1, -0.05) is 24.4 Å². The molecule has 0 spiro atoms. The zero-order valence-electron chi connectivity index (χ0n) is 11.0. The lowest BCUT2D eigenvalue weighted by molar-refractivity contribution is 0.0672. The van der Waals surface area contributed by atoms with Gasteiger partial charge < -0.3 is 15.7 Å². The first-order chi connectivity index (χ1) is 9.00. The van der Waals surface area contributed by atoms with E-state index >= 15 is 0 Å². The number of aromatic hydroxyl groups is 1. The number of carbonyl (C=O) groups excluding carboxylic acids is 1. The predicted molar refractivity (Wildman–Crippen MR) is 75.4 cm³/mol. The van der Waals surface area contributed by atoms with Gasteiger partial charge in [-0.25, -0.2) is 0 Å². The summed E-state index contributed by atoms with van der Waals surface area (Å²) in [5.41, 5.74) is 6.41. The fourth-order valence-electron chi connectivity index (χ4n) is 2.64. The van der Waals surface area contributed by atoms with Crippen molar-refractivity contribution in [3.8, 4) is 5.75 Å². The third kappa shape index (κ3) is 3.01. The molecule has 0 aromatic heterocycles. The van der Waals surface area contributed by atoms with Crippen molar-refractivity contribution in [1.29, 1.82) is 0 Å². The Bertz CT molecular complexity index is 479. The second-order valence-corrected chi connectivity index (χ2v) is 5.50. The number of benzene rings is 1. The predicted octanol–water partition coefficient (Wildman–Crippen LogP) is 2.39. The molecule has 0 radical (unpaired) electrons. The highest BCUT2D eigenvalue weighted by Gasteiger charge is 2.29. The molecule has 1 aliphatic carbocycles.